The molecule has 0 aromatic carbocycles. The number of hydrogen-bond donors (Lipinski definition) is 1. The standard InChI is InChI=1S/C19H33N3O3.HI/c1-5-20-18(22-11-13(3)14(12-22)17(23)24-4)21-15-10-16(25-6-2)19(15)8-7-9-19;/h13-16H,5-12H2,1-4H3,(H,20,21);1H. The van der Waals surface area contributed by atoms with Crippen LogP contribution < -0.4 is 5.32 Å². The molecule has 1 spiro atoms. The van der Waals surface area contributed by atoms with Crippen molar-refractivity contribution in [1.29, 1.82) is 0 Å². The molecule has 3 fully saturated rings. The van der Waals surface area contributed by atoms with E-state index in [1.165, 1.54) is 26.4 Å². The summed E-state index contributed by atoms with van der Waals surface area (Å²) < 4.78 is 10.9. The number of hydrogen-bond acceptors (Lipinski definition) is 4. The van der Waals surface area contributed by atoms with Gasteiger partial charge in [-0.05, 0) is 39.0 Å². The molecule has 0 bridgehead atoms. The highest BCUT2D eigenvalue weighted by Gasteiger charge is 2.59. The van der Waals surface area contributed by atoms with Gasteiger partial charge in [0.05, 0.1) is 19.1 Å². The highest BCUT2D eigenvalue weighted by atomic mass is 127. The Balaban J connectivity index is 0.00000243. The predicted octanol–water partition coefficient (Wildman–Crippen LogP) is 2.66. The molecule has 4 unspecified atom stereocenters. The summed E-state index contributed by atoms with van der Waals surface area (Å²) in [5, 5.41) is 3.72. The van der Waals surface area contributed by atoms with Crippen molar-refractivity contribution in [2.24, 2.45) is 22.2 Å². The Labute approximate surface area is 174 Å². The Kier molecular flexibility index (Phi) is 7.59. The molecule has 2 saturated carbocycles. The molecular weight excluding hydrogens is 445 g/mol. The van der Waals surface area contributed by atoms with Gasteiger partial charge in [0, 0.05) is 37.7 Å². The smallest absolute Gasteiger partial charge is 0.310 e. The summed E-state index contributed by atoms with van der Waals surface area (Å²) >= 11 is 0. The van der Waals surface area contributed by atoms with Crippen molar-refractivity contribution in [2.45, 2.75) is 58.6 Å². The third-order valence-corrected chi connectivity index (χ3v) is 6.46. The van der Waals surface area contributed by atoms with Crippen LogP contribution in [0.5, 0.6) is 0 Å². The average molecular weight is 479 g/mol. The first-order valence-electron chi connectivity index (χ1n) is 9.81. The largest absolute Gasteiger partial charge is 0.469 e. The number of nitrogens with one attached hydrogen (secondary N) is 1. The Morgan fingerprint density at radius 2 is 2.04 bits per heavy atom. The molecule has 1 aliphatic heterocycles. The molecule has 0 aromatic rings. The van der Waals surface area contributed by atoms with E-state index in [9.17, 15) is 4.79 Å². The molecular formula is C19H34IN3O3. The van der Waals surface area contributed by atoms with E-state index in [1.54, 1.807) is 0 Å². The van der Waals surface area contributed by atoms with E-state index in [-0.39, 0.29) is 41.8 Å². The summed E-state index contributed by atoms with van der Waals surface area (Å²) in [7, 11) is 1.47. The first-order chi connectivity index (χ1) is 12.1. The average Bonchev–Trinajstić information content (AvgIpc) is 2.92. The van der Waals surface area contributed by atoms with Crippen LogP contribution in [0.3, 0.4) is 0 Å². The van der Waals surface area contributed by atoms with Gasteiger partial charge in [-0.3, -0.25) is 9.79 Å². The molecule has 0 radical (unpaired) electrons. The van der Waals surface area contributed by atoms with Gasteiger partial charge in [-0.15, -0.1) is 24.0 Å². The fraction of sp³-hybridized carbons (Fsp3) is 0.895. The van der Waals surface area contributed by atoms with Gasteiger partial charge in [0.15, 0.2) is 5.96 Å². The van der Waals surface area contributed by atoms with Gasteiger partial charge in [-0.25, -0.2) is 0 Å². The minimum atomic E-state index is -0.110. The van der Waals surface area contributed by atoms with E-state index in [4.69, 9.17) is 14.5 Å². The second-order valence-corrected chi connectivity index (χ2v) is 7.77. The number of carbonyl (C=O) groups excluding carboxylic acids is 1. The van der Waals surface area contributed by atoms with Crippen molar-refractivity contribution in [3.63, 3.8) is 0 Å². The molecule has 1 heterocycles. The lowest BCUT2D eigenvalue weighted by atomic mass is 9.51. The molecule has 3 aliphatic rings. The van der Waals surface area contributed by atoms with Crippen molar-refractivity contribution in [2.75, 3.05) is 33.4 Å². The minimum absolute atomic E-state index is 0. The first-order valence-corrected chi connectivity index (χ1v) is 9.81. The van der Waals surface area contributed by atoms with Crippen LogP contribution in [-0.4, -0.2) is 62.3 Å². The maximum Gasteiger partial charge on any atom is 0.310 e. The van der Waals surface area contributed by atoms with Gasteiger partial charge in [0.25, 0.3) is 0 Å². The Morgan fingerprint density at radius 3 is 2.58 bits per heavy atom. The van der Waals surface area contributed by atoms with Gasteiger partial charge in [-0.2, -0.15) is 0 Å². The zero-order chi connectivity index (χ0) is 18.0. The topological polar surface area (TPSA) is 63.2 Å². The summed E-state index contributed by atoms with van der Waals surface area (Å²) in [6, 6.07) is 0.440. The molecule has 7 heteroatoms. The molecule has 150 valence electrons. The van der Waals surface area contributed by atoms with Crippen LogP contribution in [0.2, 0.25) is 0 Å². The summed E-state index contributed by atoms with van der Waals surface area (Å²) in [6.45, 7) is 9.32. The SMILES string of the molecule is CCN=C(NC1CC(OCC)C12CCC2)N1CC(C)C(C(=O)OC)C1.I. The summed E-state index contributed by atoms with van der Waals surface area (Å²) in [6.07, 6.45) is 5.24. The number of likely N-dealkylation sites (tertiary alicyclic amines) is 1. The van der Waals surface area contributed by atoms with E-state index in [1.807, 2.05) is 0 Å². The molecule has 26 heavy (non-hydrogen) atoms. The predicted molar refractivity (Wildman–Crippen MR) is 113 cm³/mol. The van der Waals surface area contributed by atoms with Crippen molar-refractivity contribution in [1.82, 2.24) is 10.2 Å². The molecule has 1 N–H and O–H groups in total. The van der Waals surface area contributed by atoms with Gasteiger partial charge in [-0.1, -0.05) is 13.3 Å². The maximum absolute atomic E-state index is 12.0. The number of ether oxygens (including phenoxy) is 2. The summed E-state index contributed by atoms with van der Waals surface area (Å²) in [5.41, 5.74) is 0.303. The lowest BCUT2D eigenvalue weighted by Gasteiger charge is -2.61. The van der Waals surface area contributed by atoms with E-state index < -0.39 is 0 Å². The summed E-state index contributed by atoms with van der Waals surface area (Å²) in [4.78, 5) is 18.9. The summed E-state index contributed by atoms with van der Waals surface area (Å²) in [5.74, 6) is 1.06. The fourth-order valence-corrected chi connectivity index (χ4v) is 4.78. The first kappa shape index (κ1) is 21.7. The second-order valence-electron chi connectivity index (χ2n) is 7.77. The fourth-order valence-electron chi connectivity index (χ4n) is 4.78. The maximum atomic E-state index is 12.0. The molecule has 3 rings (SSSR count). The van der Waals surface area contributed by atoms with Crippen molar-refractivity contribution in [3.8, 4) is 0 Å². The van der Waals surface area contributed by atoms with Crippen molar-refractivity contribution >= 4 is 35.9 Å². The lowest BCUT2D eigenvalue weighted by molar-refractivity contribution is -0.168. The van der Waals surface area contributed by atoms with Crippen molar-refractivity contribution in [3.05, 3.63) is 0 Å². The van der Waals surface area contributed by atoms with E-state index in [0.717, 1.165) is 32.1 Å². The highest BCUT2D eigenvalue weighted by Crippen LogP contribution is 2.57. The van der Waals surface area contributed by atoms with E-state index in [2.05, 4.69) is 31.0 Å². The highest BCUT2D eigenvalue weighted by molar-refractivity contribution is 14.0. The normalized spacial score (nSPS) is 32.5. The van der Waals surface area contributed by atoms with Gasteiger partial charge < -0.3 is 19.7 Å². The number of esters is 1. The number of methoxy groups -OCH3 is 1. The lowest BCUT2D eigenvalue weighted by Crippen LogP contribution is -2.68. The second kappa shape index (κ2) is 9.08. The Hall–Kier alpha value is -0.570. The quantitative estimate of drug-likeness (QED) is 0.284. The van der Waals surface area contributed by atoms with E-state index in [0.29, 0.717) is 24.1 Å². The van der Waals surface area contributed by atoms with Crippen LogP contribution in [0, 0.1) is 17.3 Å². The number of rotatable bonds is 5. The van der Waals surface area contributed by atoms with Crippen LogP contribution in [-0.2, 0) is 14.3 Å². The molecule has 0 aromatic heterocycles. The number of aliphatic imine (C=N–C) groups is 1. The van der Waals surface area contributed by atoms with Crippen molar-refractivity contribution < 1.29 is 14.3 Å². The van der Waals surface area contributed by atoms with Gasteiger partial charge in [0.2, 0.25) is 0 Å². The number of nitrogens with zero attached hydrogens (tertiary/aromatic N) is 2. The van der Waals surface area contributed by atoms with Gasteiger partial charge in [0.1, 0.15) is 0 Å². The molecule has 2 aliphatic carbocycles. The molecule has 4 atom stereocenters. The molecule has 0 amide bonds. The number of guanidine groups is 1. The van der Waals surface area contributed by atoms with Crippen LogP contribution in [0.25, 0.3) is 0 Å². The Morgan fingerprint density at radius 1 is 1.31 bits per heavy atom. The van der Waals surface area contributed by atoms with Crippen LogP contribution in [0.15, 0.2) is 4.99 Å². The number of halogens is 1. The minimum Gasteiger partial charge on any atom is -0.469 e. The van der Waals surface area contributed by atoms with Crippen LogP contribution in [0.1, 0.15) is 46.5 Å². The van der Waals surface area contributed by atoms with Crippen LogP contribution in [0.4, 0.5) is 0 Å². The third kappa shape index (κ3) is 3.84. The number of carbonyl (C=O) groups is 1. The zero-order valence-electron chi connectivity index (χ0n) is 16.5. The Bertz CT molecular complexity index is 524. The molecule has 6 nitrogen and oxygen atoms in total. The third-order valence-electron chi connectivity index (χ3n) is 6.46. The van der Waals surface area contributed by atoms with E-state index >= 15 is 0 Å². The zero-order valence-corrected chi connectivity index (χ0v) is 18.8. The molecule has 1 saturated heterocycles. The van der Waals surface area contributed by atoms with Gasteiger partial charge >= 0.3 is 5.97 Å². The monoisotopic (exact) mass is 479 g/mol. The van der Waals surface area contributed by atoms with Crippen LogP contribution >= 0.6 is 24.0 Å².